The maximum Gasteiger partial charge on any atom is 0.419 e. The molecule has 5 nitrogen and oxygen atoms in total. The van der Waals surface area contributed by atoms with Crippen LogP contribution in [0.15, 0.2) is 42.5 Å². The van der Waals surface area contributed by atoms with Gasteiger partial charge in [-0.2, -0.15) is 22.0 Å². The van der Waals surface area contributed by atoms with Gasteiger partial charge in [0.1, 0.15) is 17.9 Å². The highest BCUT2D eigenvalue weighted by atomic mass is 32.1. The van der Waals surface area contributed by atoms with Crippen LogP contribution >= 0.6 is 23.6 Å². The Morgan fingerprint density at radius 1 is 1.06 bits per heavy atom. The number of anilines is 1. The molecule has 2 aromatic carbocycles. The highest BCUT2D eigenvalue weighted by Gasteiger charge is 2.45. The zero-order valence-electron chi connectivity index (χ0n) is 18.0. The standard InChI is InChI=1S/C22H21F5N2O3S2/c1-2-3-4-11-29(14-5-10-17-18(12-14)34-19(33)28-17)20(30)31-15-6-8-16(9-7-15)32-22(26,27)13-21(23,24)25/h5-10,12H,2-4,11,13H2,1H3,(H,28,33). The van der Waals surface area contributed by atoms with Gasteiger partial charge in [0, 0.05) is 12.2 Å². The fourth-order valence-electron chi connectivity index (χ4n) is 3.12. The molecule has 3 rings (SSSR count). The third-order valence-electron chi connectivity index (χ3n) is 4.62. The number of aromatic nitrogens is 1. The van der Waals surface area contributed by atoms with Crippen molar-refractivity contribution in [3.63, 3.8) is 0 Å². The number of hydrogen-bond acceptors (Lipinski definition) is 5. The van der Waals surface area contributed by atoms with E-state index >= 15 is 0 Å². The van der Waals surface area contributed by atoms with Crippen LogP contribution < -0.4 is 14.4 Å². The van der Waals surface area contributed by atoms with E-state index in [2.05, 4.69) is 9.72 Å². The molecule has 3 aromatic rings. The van der Waals surface area contributed by atoms with Crippen LogP contribution in [0, 0.1) is 3.95 Å². The first-order valence-corrected chi connectivity index (χ1v) is 11.5. The average Bonchev–Trinajstić information content (AvgIpc) is 3.09. The summed E-state index contributed by atoms with van der Waals surface area (Å²) in [6.07, 6.45) is -10.0. The molecule has 0 spiro atoms. The number of alkyl halides is 5. The maximum absolute atomic E-state index is 13.4. The number of thiazole rings is 1. The van der Waals surface area contributed by atoms with Crippen LogP contribution in [-0.4, -0.2) is 29.9 Å². The summed E-state index contributed by atoms with van der Waals surface area (Å²) in [4.78, 5) is 17.4. The molecular formula is C22H21F5N2O3S2. The van der Waals surface area contributed by atoms with Crippen LogP contribution in [0.1, 0.15) is 32.6 Å². The highest BCUT2D eigenvalue weighted by Crippen LogP contribution is 2.34. The number of aromatic amines is 1. The summed E-state index contributed by atoms with van der Waals surface area (Å²) < 4.78 is 74.6. The van der Waals surface area contributed by atoms with E-state index in [1.807, 2.05) is 19.1 Å². The van der Waals surface area contributed by atoms with Gasteiger partial charge in [0.15, 0.2) is 3.95 Å². The largest absolute Gasteiger partial charge is 0.432 e. The number of amides is 1. The van der Waals surface area contributed by atoms with Crippen LogP contribution in [0.3, 0.4) is 0 Å². The Bertz CT molecular complexity index is 1180. The van der Waals surface area contributed by atoms with Gasteiger partial charge < -0.3 is 14.5 Å². The number of unbranched alkanes of at least 4 members (excludes halogenated alkanes) is 2. The van der Waals surface area contributed by atoms with E-state index in [1.54, 1.807) is 6.07 Å². The van der Waals surface area contributed by atoms with Gasteiger partial charge >= 0.3 is 18.4 Å². The number of halogens is 5. The molecular weight excluding hydrogens is 499 g/mol. The average molecular weight is 521 g/mol. The number of carbonyl (C=O) groups excluding carboxylic acids is 1. The number of ether oxygens (including phenoxy) is 2. The highest BCUT2D eigenvalue weighted by molar-refractivity contribution is 7.73. The van der Waals surface area contributed by atoms with Gasteiger partial charge in [-0.15, -0.1) is 11.3 Å². The van der Waals surface area contributed by atoms with Crippen LogP contribution in [0.2, 0.25) is 0 Å². The lowest BCUT2D eigenvalue weighted by molar-refractivity contribution is -0.255. The number of fused-ring (bicyclic) bond motifs is 1. The lowest BCUT2D eigenvalue weighted by Crippen LogP contribution is -2.34. The molecule has 0 aliphatic carbocycles. The first kappa shape index (κ1) is 25.9. The molecule has 1 aromatic heterocycles. The van der Waals surface area contributed by atoms with Gasteiger partial charge in [-0.25, -0.2) is 4.79 Å². The molecule has 0 saturated heterocycles. The van der Waals surface area contributed by atoms with Crippen LogP contribution in [-0.2, 0) is 0 Å². The van der Waals surface area contributed by atoms with Gasteiger partial charge in [-0.05, 0) is 61.1 Å². The van der Waals surface area contributed by atoms with E-state index in [1.165, 1.54) is 28.4 Å². The van der Waals surface area contributed by atoms with Crippen LogP contribution in [0.4, 0.5) is 32.4 Å². The number of hydrogen-bond donors (Lipinski definition) is 1. The van der Waals surface area contributed by atoms with Crippen LogP contribution in [0.25, 0.3) is 10.2 Å². The summed E-state index contributed by atoms with van der Waals surface area (Å²) in [6, 6.07) is 9.74. The van der Waals surface area contributed by atoms with Gasteiger partial charge in [0.2, 0.25) is 0 Å². The molecule has 0 fully saturated rings. The van der Waals surface area contributed by atoms with E-state index < -0.39 is 30.5 Å². The van der Waals surface area contributed by atoms with Crippen molar-refractivity contribution < 1.29 is 36.2 Å². The Balaban J connectivity index is 1.73. The van der Waals surface area contributed by atoms with E-state index in [0.29, 0.717) is 16.2 Å². The number of nitrogens with one attached hydrogen (secondary N) is 1. The first-order chi connectivity index (χ1) is 16.0. The summed E-state index contributed by atoms with van der Waals surface area (Å²) in [5.74, 6) is -0.469. The number of benzene rings is 2. The smallest absolute Gasteiger partial charge is 0.419 e. The molecule has 12 heteroatoms. The van der Waals surface area contributed by atoms with E-state index in [-0.39, 0.29) is 5.75 Å². The molecule has 0 aliphatic heterocycles. The Morgan fingerprint density at radius 3 is 2.38 bits per heavy atom. The molecule has 0 atom stereocenters. The van der Waals surface area contributed by atoms with Crippen molar-refractivity contribution in [1.29, 1.82) is 0 Å². The summed E-state index contributed by atoms with van der Waals surface area (Å²) in [6.45, 7) is 2.42. The zero-order valence-corrected chi connectivity index (χ0v) is 19.6. The van der Waals surface area contributed by atoms with Crippen molar-refractivity contribution in [2.24, 2.45) is 0 Å². The molecule has 0 unspecified atom stereocenters. The summed E-state index contributed by atoms with van der Waals surface area (Å²) in [5, 5.41) is 0. The Hall–Kier alpha value is -2.73. The lowest BCUT2D eigenvalue weighted by Gasteiger charge is -2.22. The molecule has 184 valence electrons. The Labute approximate surface area is 201 Å². The van der Waals surface area contributed by atoms with Crippen molar-refractivity contribution in [2.45, 2.75) is 44.9 Å². The molecule has 0 radical (unpaired) electrons. The molecule has 1 N–H and O–H groups in total. The summed E-state index contributed by atoms with van der Waals surface area (Å²) in [5.41, 5.74) is 1.45. The quantitative estimate of drug-likeness (QED) is 0.176. The fourth-order valence-corrected chi connectivity index (χ4v) is 4.27. The van der Waals surface area contributed by atoms with Gasteiger partial charge in [-0.1, -0.05) is 19.8 Å². The van der Waals surface area contributed by atoms with Crippen molar-refractivity contribution >= 4 is 45.6 Å². The maximum atomic E-state index is 13.4. The molecule has 0 bridgehead atoms. The van der Waals surface area contributed by atoms with E-state index in [4.69, 9.17) is 17.0 Å². The van der Waals surface area contributed by atoms with Crippen molar-refractivity contribution in [1.82, 2.24) is 4.98 Å². The second-order valence-corrected chi connectivity index (χ2v) is 9.14. The number of rotatable bonds is 9. The number of nitrogens with zero attached hydrogens (tertiary/aromatic N) is 1. The molecule has 34 heavy (non-hydrogen) atoms. The van der Waals surface area contributed by atoms with E-state index in [9.17, 15) is 26.7 Å². The lowest BCUT2D eigenvalue weighted by atomic mass is 10.2. The predicted octanol–water partition coefficient (Wildman–Crippen LogP) is 8.08. The SMILES string of the molecule is CCCCCN(C(=O)Oc1ccc(OC(F)(F)CC(F)(F)F)cc1)c1ccc2[nH]c(=S)sc2c1. The Kier molecular flexibility index (Phi) is 8.13. The Morgan fingerprint density at radius 2 is 1.74 bits per heavy atom. The molecule has 1 amide bonds. The minimum Gasteiger partial charge on any atom is -0.432 e. The minimum atomic E-state index is -5.09. The third kappa shape index (κ3) is 7.39. The third-order valence-corrected chi connectivity index (χ3v) is 5.82. The van der Waals surface area contributed by atoms with Crippen LogP contribution in [0.5, 0.6) is 11.5 Å². The topological polar surface area (TPSA) is 54.6 Å². The predicted molar refractivity (Wildman–Crippen MR) is 123 cm³/mol. The number of carbonyl (C=O) groups is 1. The van der Waals surface area contributed by atoms with Crippen molar-refractivity contribution in [3.8, 4) is 11.5 Å². The summed E-state index contributed by atoms with van der Waals surface area (Å²) in [7, 11) is 0. The summed E-state index contributed by atoms with van der Waals surface area (Å²) >= 11 is 6.53. The molecule has 0 saturated carbocycles. The minimum absolute atomic E-state index is 0.0235. The van der Waals surface area contributed by atoms with Crippen molar-refractivity contribution in [2.75, 3.05) is 11.4 Å². The second-order valence-electron chi connectivity index (χ2n) is 7.42. The number of H-pyrrole nitrogens is 1. The second kappa shape index (κ2) is 10.7. The normalized spacial score (nSPS) is 12.1. The fraction of sp³-hybridized carbons (Fsp3) is 0.364. The molecule has 1 heterocycles. The van der Waals surface area contributed by atoms with Crippen molar-refractivity contribution in [3.05, 3.63) is 46.4 Å². The van der Waals surface area contributed by atoms with Gasteiger partial charge in [-0.3, -0.25) is 4.90 Å². The van der Waals surface area contributed by atoms with Gasteiger partial charge in [0.25, 0.3) is 0 Å². The van der Waals surface area contributed by atoms with E-state index in [0.717, 1.165) is 41.6 Å². The monoisotopic (exact) mass is 520 g/mol. The molecule has 0 aliphatic rings. The zero-order chi connectivity index (χ0) is 24.9. The van der Waals surface area contributed by atoms with Gasteiger partial charge in [0.05, 0.1) is 10.2 Å². The first-order valence-electron chi connectivity index (χ1n) is 10.3.